The normalized spacial score (nSPS) is 15.3. The quantitative estimate of drug-likeness (QED) is 0.565. The van der Waals surface area contributed by atoms with Crippen LogP contribution in [0.2, 0.25) is 0 Å². The van der Waals surface area contributed by atoms with Gasteiger partial charge in [-0.3, -0.25) is 14.4 Å². The first-order valence-electron chi connectivity index (χ1n) is 9.50. The number of Topliss-reactive ketones (excluding diaryl/α,β-unsaturated/α-hetero) is 2. The predicted octanol–water partition coefficient (Wildman–Crippen LogP) is 2.97. The molecule has 1 amide bonds. The van der Waals surface area contributed by atoms with E-state index in [4.69, 9.17) is 0 Å². The second-order valence-electron chi connectivity index (χ2n) is 8.31. The Morgan fingerprint density at radius 2 is 1.40 bits per heavy atom. The Kier molecular flexibility index (Phi) is 10.8. The third-order valence-corrected chi connectivity index (χ3v) is 4.41. The molecule has 0 rings (SSSR count). The first-order chi connectivity index (χ1) is 11.5. The van der Waals surface area contributed by atoms with Crippen molar-refractivity contribution >= 4 is 17.5 Å². The van der Waals surface area contributed by atoms with Gasteiger partial charge in [-0.2, -0.15) is 0 Å². The van der Waals surface area contributed by atoms with E-state index in [2.05, 4.69) is 10.6 Å². The van der Waals surface area contributed by atoms with Crippen LogP contribution in [0.3, 0.4) is 0 Å². The van der Waals surface area contributed by atoms with E-state index in [0.717, 1.165) is 0 Å². The van der Waals surface area contributed by atoms with Gasteiger partial charge in [-0.05, 0) is 44.6 Å². The van der Waals surface area contributed by atoms with Gasteiger partial charge in [0.15, 0.2) is 11.6 Å². The molecule has 0 aliphatic carbocycles. The summed E-state index contributed by atoms with van der Waals surface area (Å²) in [5, 5.41) is 5.93. The SMILES string of the molecule is CNC(C(=O)CC(CC(C)C)C(=O)NC(CC(C)C)C(C)=O)C(C)C. The third kappa shape index (κ3) is 9.15. The molecule has 0 aromatic carbocycles. The van der Waals surface area contributed by atoms with Gasteiger partial charge in [-0.15, -0.1) is 0 Å². The zero-order valence-electron chi connectivity index (χ0n) is 17.3. The van der Waals surface area contributed by atoms with Crippen molar-refractivity contribution in [2.24, 2.45) is 23.7 Å². The van der Waals surface area contributed by atoms with Crippen molar-refractivity contribution in [3.63, 3.8) is 0 Å². The first kappa shape index (κ1) is 23.8. The van der Waals surface area contributed by atoms with Crippen molar-refractivity contribution in [1.29, 1.82) is 0 Å². The fourth-order valence-corrected chi connectivity index (χ4v) is 3.18. The molecule has 0 aromatic rings. The van der Waals surface area contributed by atoms with Crippen LogP contribution in [0.1, 0.15) is 67.7 Å². The van der Waals surface area contributed by atoms with Crippen molar-refractivity contribution in [3.05, 3.63) is 0 Å². The lowest BCUT2D eigenvalue weighted by molar-refractivity contribution is -0.133. The summed E-state index contributed by atoms with van der Waals surface area (Å²) in [5.41, 5.74) is 0. The van der Waals surface area contributed by atoms with Crippen LogP contribution in [0, 0.1) is 23.7 Å². The zero-order chi connectivity index (χ0) is 19.7. The molecule has 0 saturated heterocycles. The van der Waals surface area contributed by atoms with Crippen molar-refractivity contribution in [3.8, 4) is 0 Å². The highest BCUT2D eigenvalue weighted by atomic mass is 16.2. The average Bonchev–Trinajstić information content (AvgIpc) is 2.44. The number of ketones is 2. The van der Waals surface area contributed by atoms with E-state index in [1.807, 2.05) is 41.5 Å². The second kappa shape index (κ2) is 11.4. The Labute approximate surface area is 153 Å². The summed E-state index contributed by atoms with van der Waals surface area (Å²) >= 11 is 0. The molecule has 0 bridgehead atoms. The Morgan fingerprint density at radius 3 is 1.76 bits per heavy atom. The molecule has 3 unspecified atom stereocenters. The standard InChI is InChI=1S/C20H38N2O3/c1-12(2)9-16(11-18(24)19(21-8)14(5)6)20(25)22-17(15(7)23)10-13(3)4/h12-14,16-17,19,21H,9-11H2,1-8H3,(H,22,25). The van der Waals surface area contributed by atoms with Gasteiger partial charge in [0.25, 0.3) is 0 Å². The topological polar surface area (TPSA) is 75.3 Å². The number of carbonyl (C=O) groups is 3. The molecular formula is C20H38N2O3. The number of carbonyl (C=O) groups excluding carboxylic acids is 3. The van der Waals surface area contributed by atoms with Gasteiger partial charge in [0.2, 0.25) is 5.91 Å². The Morgan fingerprint density at radius 1 is 0.880 bits per heavy atom. The number of hydrogen-bond donors (Lipinski definition) is 2. The minimum Gasteiger partial charge on any atom is -0.346 e. The third-order valence-electron chi connectivity index (χ3n) is 4.41. The fraction of sp³-hybridized carbons (Fsp3) is 0.850. The van der Waals surface area contributed by atoms with Gasteiger partial charge in [0, 0.05) is 12.3 Å². The van der Waals surface area contributed by atoms with Crippen LogP contribution in [0.15, 0.2) is 0 Å². The van der Waals surface area contributed by atoms with Gasteiger partial charge < -0.3 is 10.6 Å². The molecule has 2 N–H and O–H groups in total. The van der Waals surface area contributed by atoms with E-state index in [1.165, 1.54) is 6.92 Å². The minimum atomic E-state index is -0.470. The van der Waals surface area contributed by atoms with Crippen molar-refractivity contribution in [2.45, 2.75) is 79.8 Å². The van der Waals surface area contributed by atoms with E-state index in [1.54, 1.807) is 7.05 Å². The van der Waals surface area contributed by atoms with Gasteiger partial charge in [-0.25, -0.2) is 0 Å². The van der Waals surface area contributed by atoms with Crippen LogP contribution in [-0.2, 0) is 14.4 Å². The molecule has 0 heterocycles. The number of likely N-dealkylation sites (N-methyl/N-ethyl adjacent to an activating group) is 1. The van der Waals surface area contributed by atoms with Gasteiger partial charge in [-0.1, -0.05) is 41.5 Å². The second-order valence-corrected chi connectivity index (χ2v) is 8.31. The molecule has 0 aliphatic rings. The summed E-state index contributed by atoms with van der Waals surface area (Å²) in [7, 11) is 1.77. The Balaban J connectivity index is 5.14. The van der Waals surface area contributed by atoms with Crippen molar-refractivity contribution in [2.75, 3.05) is 7.05 Å². The van der Waals surface area contributed by atoms with Gasteiger partial charge >= 0.3 is 0 Å². The van der Waals surface area contributed by atoms with Crippen molar-refractivity contribution < 1.29 is 14.4 Å². The molecule has 5 nitrogen and oxygen atoms in total. The number of hydrogen-bond acceptors (Lipinski definition) is 4. The largest absolute Gasteiger partial charge is 0.346 e. The van der Waals surface area contributed by atoms with Crippen LogP contribution in [0.5, 0.6) is 0 Å². The molecule has 0 aromatic heterocycles. The number of nitrogens with one attached hydrogen (secondary N) is 2. The summed E-state index contributed by atoms with van der Waals surface area (Å²) in [5.74, 6) is 0.239. The van der Waals surface area contributed by atoms with Crippen molar-refractivity contribution in [1.82, 2.24) is 10.6 Å². The minimum absolute atomic E-state index is 0.0352. The Bertz CT molecular complexity index is 444. The monoisotopic (exact) mass is 354 g/mol. The number of rotatable bonds is 12. The molecule has 146 valence electrons. The average molecular weight is 355 g/mol. The highest BCUT2D eigenvalue weighted by Crippen LogP contribution is 2.19. The highest BCUT2D eigenvalue weighted by Gasteiger charge is 2.30. The summed E-state index contributed by atoms with van der Waals surface area (Å²) in [6, 6.07) is -0.718. The van der Waals surface area contributed by atoms with Gasteiger partial charge in [0.1, 0.15) is 0 Å². The zero-order valence-corrected chi connectivity index (χ0v) is 17.3. The Hall–Kier alpha value is -1.23. The summed E-state index contributed by atoms with van der Waals surface area (Å²) in [6.45, 7) is 13.6. The molecule has 0 radical (unpaired) electrons. The number of amides is 1. The van der Waals surface area contributed by atoms with Crippen LogP contribution in [0.25, 0.3) is 0 Å². The molecule has 25 heavy (non-hydrogen) atoms. The molecule has 0 spiro atoms. The van der Waals surface area contributed by atoms with E-state index in [9.17, 15) is 14.4 Å². The maximum absolute atomic E-state index is 12.8. The van der Waals surface area contributed by atoms with E-state index < -0.39 is 12.0 Å². The maximum Gasteiger partial charge on any atom is 0.224 e. The molecule has 0 aliphatic heterocycles. The maximum atomic E-state index is 12.8. The molecule has 5 heteroatoms. The predicted molar refractivity (Wildman–Crippen MR) is 102 cm³/mol. The lowest BCUT2D eigenvalue weighted by Gasteiger charge is -2.25. The van der Waals surface area contributed by atoms with Crippen LogP contribution in [0.4, 0.5) is 0 Å². The fourth-order valence-electron chi connectivity index (χ4n) is 3.18. The van der Waals surface area contributed by atoms with E-state index >= 15 is 0 Å². The molecular weight excluding hydrogens is 316 g/mol. The lowest BCUT2D eigenvalue weighted by Crippen LogP contribution is -2.46. The van der Waals surface area contributed by atoms with Gasteiger partial charge in [0.05, 0.1) is 12.1 Å². The summed E-state index contributed by atoms with van der Waals surface area (Å²) in [4.78, 5) is 37.2. The smallest absolute Gasteiger partial charge is 0.224 e. The van der Waals surface area contributed by atoms with Crippen LogP contribution in [-0.4, -0.2) is 36.6 Å². The van der Waals surface area contributed by atoms with Crippen LogP contribution >= 0.6 is 0 Å². The van der Waals surface area contributed by atoms with E-state index in [0.29, 0.717) is 24.7 Å². The molecule has 0 saturated carbocycles. The van der Waals surface area contributed by atoms with E-state index in [-0.39, 0.29) is 35.9 Å². The highest BCUT2D eigenvalue weighted by molar-refractivity contribution is 5.92. The lowest BCUT2D eigenvalue weighted by atomic mass is 9.87. The molecule has 0 fully saturated rings. The summed E-state index contributed by atoms with van der Waals surface area (Å²) in [6.07, 6.45) is 1.47. The summed E-state index contributed by atoms with van der Waals surface area (Å²) < 4.78 is 0. The first-order valence-corrected chi connectivity index (χ1v) is 9.50. The van der Waals surface area contributed by atoms with Crippen LogP contribution < -0.4 is 10.6 Å². The molecule has 3 atom stereocenters.